The minimum absolute atomic E-state index is 0.0141. The Kier molecular flexibility index (Phi) is 4.70. The normalized spacial score (nSPS) is 20.5. The zero-order valence-corrected chi connectivity index (χ0v) is 13.0. The van der Waals surface area contributed by atoms with Crippen molar-refractivity contribution in [2.75, 3.05) is 13.1 Å². The fourth-order valence-corrected chi connectivity index (χ4v) is 3.18. The number of carbonyl (C=O) groups excluding carboxylic acids is 1. The van der Waals surface area contributed by atoms with Crippen LogP contribution in [-0.4, -0.2) is 32.3 Å². The van der Waals surface area contributed by atoms with E-state index in [1.807, 2.05) is 4.90 Å². The SMILES string of the molecule is CC1CCCN(C(=O)c2ccc(S(=O)(=O)Cl)cc2)CC1. The summed E-state index contributed by atoms with van der Waals surface area (Å²) in [5.74, 6) is 0.606. The number of amides is 1. The Balaban J connectivity index is 2.13. The molecule has 1 aromatic rings. The van der Waals surface area contributed by atoms with Gasteiger partial charge in [-0.05, 0) is 49.4 Å². The number of halogens is 1. The first-order valence-electron chi connectivity index (χ1n) is 6.72. The first-order valence-corrected chi connectivity index (χ1v) is 9.03. The van der Waals surface area contributed by atoms with Crippen LogP contribution in [0, 0.1) is 5.92 Å². The molecule has 0 spiro atoms. The fourth-order valence-electron chi connectivity index (χ4n) is 2.41. The largest absolute Gasteiger partial charge is 0.339 e. The van der Waals surface area contributed by atoms with Gasteiger partial charge in [0.15, 0.2) is 0 Å². The third-order valence-electron chi connectivity index (χ3n) is 3.69. The molecule has 1 fully saturated rings. The van der Waals surface area contributed by atoms with Gasteiger partial charge >= 0.3 is 0 Å². The third kappa shape index (κ3) is 3.73. The van der Waals surface area contributed by atoms with E-state index in [1.165, 1.54) is 24.3 Å². The van der Waals surface area contributed by atoms with Crippen molar-refractivity contribution in [3.8, 4) is 0 Å². The smallest absolute Gasteiger partial charge is 0.261 e. The summed E-state index contributed by atoms with van der Waals surface area (Å²) in [4.78, 5) is 14.2. The summed E-state index contributed by atoms with van der Waals surface area (Å²) in [6, 6.07) is 5.78. The van der Waals surface area contributed by atoms with Crippen molar-refractivity contribution in [3.05, 3.63) is 29.8 Å². The summed E-state index contributed by atoms with van der Waals surface area (Å²) in [5.41, 5.74) is 0.503. The number of benzene rings is 1. The first kappa shape index (κ1) is 15.3. The van der Waals surface area contributed by atoms with E-state index in [2.05, 4.69) is 6.92 Å². The minimum Gasteiger partial charge on any atom is -0.339 e. The van der Waals surface area contributed by atoms with E-state index < -0.39 is 9.05 Å². The van der Waals surface area contributed by atoms with Crippen molar-refractivity contribution in [1.82, 2.24) is 4.90 Å². The van der Waals surface area contributed by atoms with E-state index in [9.17, 15) is 13.2 Å². The lowest BCUT2D eigenvalue weighted by molar-refractivity contribution is 0.0760. The van der Waals surface area contributed by atoms with Crippen molar-refractivity contribution in [1.29, 1.82) is 0 Å². The maximum absolute atomic E-state index is 12.4. The maximum atomic E-state index is 12.4. The number of carbonyl (C=O) groups is 1. The fraction of sp³-hybridized carbons (Fsp3) is 0.500. The molecule has 6 heteroatoms. The Bertz CT molecular complexity index is 583. The average molecular weight is 316 g/mol. The zero-order chi connectivity index (χ0) is 14.8. The zero-order valence-electron chi connectivity index (χ0n) is 11.4. The molecule has 1 unspecified atom stereocenters. The van der Waals surface area contributed by atoms with Gasteiger partial charge in [0.2, 0.25) is 0 Å². The molecule has 0 aliphatic carbocycles. The van der Waals surface area contributed by atoms with Gasteiger partial charge in [-0.25, -0.2) is 8.42 Å². The molecule has 1 atom stereocenters. The molecule has 1 saturated heterocycles. The van der Waals surface area contributed by atoms with E-state index >= 15 is 0 Å². The molecule has 1 aliphatic heterocycles. The van der Waals surface area contributed by atoms with Crippen LogP contribution in [0.4, 0.5) is 0 Å². The van der Waals surface area contributed by atoms with E-state index in [1.54, 1.807) is 0 Å². The molecule has 1 aromatic carbocycles. The highest BCUT2D eigenvalue weighted by molar-refractivity contribution is 8.13. The summed E-state index contributed by atoms with van der Waals surface area (Å²) in [5, 5.41) is 0. The van der Waals surface area contributed by atoms with Gasteiger partial charge in [-0.3, -0.25) is 4.79 Å². The van der Waals surface area contributed by atoms with Crippen molar-refractivity contribution >= 4 is 25.6 Å². The summed E-state index contributed by atoms with van der Waals surface area (Å²) in [7, 11) is 1.52. The number of likely N-dealkylation sites (tertiary alicyclic amines) is 1. The Hall–Kier alpha value is -1.07. The van der Waals surface area contributed by atoms with Crippen LogP contribution in [0.3, 0.4) is 0 Å². The Morgan fingerprint density at radius 2 is 1.85 bits per heavy atom. The Labute approximate surface area is 124 Å². The molecular weight excluding hydrogens is 298 g/mol. The van der Waals surface area contributed by atoms with E-state index in [4.69, 9.17) is 10.7 Å². The maximum Gasteiger partial charge on any atom is 0.261 e. The summed E-state index contributed by atoms with van der Waals surface area (Å²) in [6.07, 6.45) is 3.17. The third-order valence-corrected chi connectivity index (χ3v) is 5.06. The van der Waals surface area contributed by atoms with Gasteiger partial charge in [-0.1, -0.05) is 6.92 Å². The van der Waals surface area contributed by atoms with Gasteiger partial charge in [-0.2, -0.15) is 0 Å². The van der Waals surface area contributed by atoms with Crippen molar-refractivity contribution < 1.29 is 13.2 Å². The van der Waals surface area contributed by atoms with Crippen molar-refractivity contribution in [3.63, 3.8) is 0 Å². The standard InChI is InChI=1S/C14H18ClNO3S/c1-11-3-2-9-16(10-8-11)14(17)12-4-6-13(7-5-12)20(15,18)19/h4-7,11H,2-3,8-10H2,1H3. The summed E-state index contributed by atoms with van der Waals surface area (Å²) in [6.45, 7) is 3.72. The van der Waals surface area contributed by atoms with Crippen molar-refractivity contribution in [2.24, 2.45) is 5.92 Å². The number of rotatable bonds is 2. The topological polar surface area (TPSA) is 54.5 Å². The van der Waals surface area contributed by atoms with E-state index in [-0.39, 0.29) is 10.8 Å². The predicted molar refractivity (Wildman–Crippen MR) is 78.4 cm³/mol. The summed E-state index contributed by atoms with van der Waals surface area (Å²) >= 11 is 0. The van der Waals surface area contributed by atoms with E-state index in [0.29, 0.717) is 11.5 Å². The molecule has 1 aliphatic rings. The van der Waals surface area contributed by atoms with Crippen LogP contribution < -0.4 is 0 Å². The monoisotopic (exact) mass is 315 g/mol. The molecule has 2 rings (SSSR count). The lowest BCUT2D eigenvalue weighted by Gasteiger charge is -2.20. The average Bonchev–Trinajstić information content (AvgIpc) is 2.62. The van der Waals surface area contributed by atoms with Crippen LogP contribution >= 0.6 is 10.7 Å². The molecule has 0 N–H and O–H groups in total. The molecule has 4 nitrogen and oxygen atoms in total. The van der Waals surface area contributed by atoms with Gasteiger partial charge < -0.3 is 4.90 Å². The Morgan fingerprint density at radius 3 is 2.45 bits per heavy atom. The van der Waals surface area contributed by atoms with Crippen LogP contribution in [-0.2, 0) is 9.05 Å². The van der Waals surface area contributed by atoms with Crippen LogP contribution in [0.15, 0.2) is 29.2 Å². The van der Waals surface area contributed by atoms with Crippen molar-refractivity contribution in [2.45, 2.75) is 31.1 Å². The molecule has 0 aromatic heterocycles. The van der Waals surface area contributed by atoms with Gasteiger partial charge in [0.25, 0.3) is 15.0 Å². The molecule has 20 heavy (non-hydrogen) atoms. The lowest BCUT2D eigenvalue weighted by Crippen LogP contribution is -2.31. The highest BCUT2D eigenvalue weighted by Crippen LogP contribution is 2.20. The molecule has 0 radical (unpaired) electrons. The highest BCUT2D eigenvalue weighted by atomic mass is 35.7. The van der Waals surface area contributed by atoms with Crippen LogP contribution in [0.5, 0.6) is 0 Å². The molecule has 1 amide bonds. The predicted octanol–water partition coefficient (Wildman–Crippen LogP) is 2.88. The van der Waals surface area contributed by atoms with Crippen LogP contribution in [0.1, 0.15) is 36.5 Å². The quantitative estimate of drug-likeness (QED) is 0.789. The second kappa shape index (κ2) is 6.14. The van der Waals surface area contributed by atoms with Crippen LogP contribution in [0.25, 0.3) is 0 Å². The van der Waals surface area contributed by atoms with Crippen LogP contribution in [0.2, 0.25) is 0 Å². The van der Waals surface area contributed by atoms with E-state index in [0.717, 1.165) is 32.4 Å². The molecule has 0 saturated carbocycles. The Morgan fingerprint density at radius 1 is 1.20 bits per heavy atom. The number of hydrogen-bond acceptors (Lipinski definition) is 3. The van der Waals surface area contributed by atoms with Gasteiger partial charge in [0.1, 0.15) is 0 Å². The first-order chi connectivity index (χ1) is 9.38. The van der Waals surface area contributed by atoms with Gasteiger partial charge in [-0.15, -0.1) is 0 Å². The second-order valence-corrected chi connectivity index (χ2v) is 7.86. The number of nitrogens with zero attached hydrogens (tertiary/aromatic N) is 1. The molecular formula is C14H18ClNO3S. The van der Waals surface area contributed by atoms with Gasteiger partial charge in [0, 0.05) is 29.3 Å². The second-order valence-electron chi connectivity index (χ2n) is 5.29. The molecule has 110 valence electrons. The number of hydrogen-bond donors (Lipinski definition) is 0. The molecule has 0 bridgehead atoms. The summed E-state index contributed by atoms with van der Waals surface area (Å²) < 4.78 is 22.3. The van der Waals surface area contributed by atoms with Gasteiger partial charge in [0.05, 0.1) is 4.90 Å². The minimum atomic E-state index is -3.74. The lowest BCUT2D eigenvalue weighted by atomic mass is 10.0. The molecule has 1 heterocycles. The highest BCUT2D eigenvalue weighted by Gasteiger charge is 2.20.